The third kappa shape index (κ3) is 2.55. The number of para-hydroxylation sites is 1. The zero-order chi connectivity index (χ0) is 20.3. The van der Waals surface area contributed by atoms with E-state index in [4.69, 9.17) is 0 Å². The van der Waals surface area contributed by atoms with Gasteiger partial charge in [0.25, 0.3) is 11.1 Å². The number of fused-ring (bicyclic) bond motifs is 2. The minimum Gasteiger partial charge on any atom is -0.342 e. The normalized spacial score (nSPS) is 12.8. The van der Waals surface area contributed by atoms with Gasteiger partial charge in [0.1, 0.15) is 0 Å². The predicted octanol–water partition coefficient (Wildman–Crippen LogP) is 3.43. The molecular weight excluding hydrogens is 370 g/mol. The molecule has 0 radical (unpaired) electrons. The van der Waals surface area contributed by atoms with Gasteiger partial charge in [0.2, 0.25) is 4.96 Å². The lowest BCUT2D eigenvalue weighted by atomic mass is 10.1. The average molecular weight is 394 g/mol. The summed E-state index contributed by atoms with van der Waals surface area (Å²) in [6.07, 6.45) is 1.92. The number of nitrogens with zero attached hydrogens (tertiary/aromatic N) is 3. The number of benzene rings is 1. The molecule has 0 atom stereocenters. The van der Waals surface area contributed by atoms with E-state index in [0.29, 0.717) is 26.8 Å². The third-order valence-corrected chi connectivity index (χ3v) is 6.42. The van der Waals surface area contributed by atoms with E-state index in [0.717, 1.165) is 16.6 Å². The summed E-state index contributed by atoms with van der Waals surface area (Å²) >= 11 is 1.27. The largest absolute Gasteiger partial charge is 0.342 e. The van der Waals surface area contributed by atoms with Gasteiger partial charge >= 0.3 is 0 Å². The highest BCUT2D eigenvalue weighted by Gasteiger charge is 2.17. The van der Waals surface area contributed by atoms with Crippen molar-refractivity contribution in [3.8, 4) is 0 Å². The molecular formula is C22H23N3O2S. The Balaban J connectivity index is 2.13. The second-order valence-electron chi connectivity index (χ2n) is 7.60. The molecule has 0 aliphatic carbocycles. The lowest BCUT2D eigenvalue weighted by molar-refractivity contribution is 0.606. The molecule has 4 aromatic rings. The molecule has 0 amide bonds. The van der Waals surface area contributed by atoms with E-state index >= 15 is 0 Å². The SMILES string of the molecule is Cc1nc2s/c(=C\c3c(C)n(C(C)C)c4c(C)cccc34)c(=O)n2c(=O)c1C. The Bertz CT molecular complexity index is 1420. The second-order valence-corrected chi connectivity index (χ2v) is 8.60. The van der Waals surface area contributed by atoms with Crippen LogP contribution >= 0.6 is 11.3 Å². The van der Waals surface area contributed by atoms with Crippen LogP contribution in [0.25, 0.3) is 21.9 Å². The molecule has 4 rings (SSSR count). The van der Waals surface area contributed by atoms with Crippen molar-refractivity contribution in [2.45, 2.75) is 47.6 Å². The second kappa shape index (κ2) is 6.41. The van der Waals surface area contributed by atoms with Gasteiger partial charge in [-0.2, -0.15) is 0 Å². The Hall–Kier alpha value is -2.73. The average Bonchev–Trinajstić information content (AvgIpc) is 3.09. The molecule has 0 saturated heterocycles. The Morgan fingerprint density at radius 3 is 2.46 bits per heavy atom. The molecule has 0 aliphatic rings. The lowest BCUT2D eigenvalue weighted by Crippen LogP contribution is -2.32. The Morgan fingerprint density at radius 2 is 1.79 bits per heavy atom. The molecule has 1 aromatic carbocycles. The molecule has 3 heterocycles. The third-order valence-electron chi connectivity index (χ3n) is 5.45. The standard InChI is InChI=1S/C22H23N3O2S/c1-11(2)24-15(6)17(16-9-7-8-12(3)19(16)24)10-18-21(27)25-20(26)13(4)14(5)23-22(25)28-18/h7-11H,1-6H3/b18-10-. The van der Waals surface area contributed by atoms with Crippen LogP contribution in [-0.2, 0) is 0 Å². The van der Waals surface area contributed by atoms with Gasteiger partial charge in [0.05, 0.1) is 10.0 Å². The van der Waals surface area contributed by atoms with Crippen molar-refractivity contribution in [3.63, 3.8) is 0 Å². The molecule has 0 spiro atoms. The number of aromatic nitrogens is 3. The fourth-order valence-corrected chi connectivity index (χ4v) is 4.92. The first-order chi connectivity index (χ1) is 13.2. The van der Waals surface area contributed by atoms with Gasteiger partial charge < -0.3 is 4.57 Å². The highest BCUT2D eigenvalue weighted by Crippen LogP contribution is 2.31. The molecule has 28 heavy (non-hydrogen) atoms. The molecule has 0 saturated carbocycles. The van der Waals surface area contributed by atoms with Crippen molar-refractivity contribution >= 4 is 33.3 Å². The van der Waals surface area contributed by atoms with Gasteiger partial charge in [0, 0.05) is 33.9 Å². The number of thiazole rings is 1. The number of hydrogen-bond acceptors (Lipinski definition) is 4. The fraction of sp³-hybridized carbons (Fsp3) is 0.318. The summed E-state index contributed by atoms with van der Waals surface area (Å²) in [5, 5.41) is 1.12. The van der Waals surface area contributed by atoms with Crippen LogP contribution in [0.15, 0.2) is 27.8 Å². The topological polar surface area (TPSA) is 56.4 Å². The van der Waals surface area contributed by atoms with Crippen LogP contribution in [0.5, 0.6) is 0 Å². The van der Waals surface area contributed by atoms with E-state index in [9.17, 15) is 9.59 Å². The van der Waals surface area contributed by atoms with Crippen molar-refractivity contribution in [2.75, 3.05) is 0 Å². The van der Waals surface area contributed by atoms with Crippen molar-refractivity contribution in [2.24, 2.45) is 0 Å². The van der Waals surface area contributed by atoms with Crippen molar-refractivity contribution in [1.29, 1.82) is 0 Å². The van der Waals surface area contributed by atoms with Crippen LogP contribution in [0, 0.1) is 27.7 Å². The molecule has 0 bridgehead atoms. The summed E-state index contributed by atoms with van der Waals surface area (Å²) in [7, 11) is 0. The van der Waals surface area contributed by atoms with E-state index in [2.05, 4.69) is 49.4 Å². The van der Waals surface area contributed by atoms with E-state index in [1.54, 1.807) is 13.8 Å². The summed E-state index contributed by atoms with van der Waals surface area (Å²) in [5.41, 5.74) is 5.15. The van der Waals surface area contributed by atoms with Gasteiger partial charge in [0.15, 0.2) is 0 Å². The summed E-state index contributed by atoms with van der Waals surface area (Å²) in [6, 6.07) is 6.55. The maximum absolute atomic E-state index is 13.0. The summed E-state index contributed by atoms with van der Waals surface area (Å²) in [4.78, 5) is 30.4. The molecule has 5 nitrogen and oxygen atoms in total. The number of hydrogen-bond donors (Lipinski definition) is 0. The lowest BCUT2D eigenvalue weighted by Gasteiger charge is -2.13. The maximum atomic E-state index is 13.0. The minimum atomic E-state index is -0.293. The molecule has 144 valence electrons. The molecule has 6 heteroatoms. The first-order valence-electron chi connectivity index (χ1n) is 9.37. The highest BCUT2D eigenvalue weighted by molar-refractivity contribution is 7.15. The summed E-state index contributed by atoms with van der Waals surface area (Å²) in [5.74, 6) is 0. The van der Waals surface area contributed by atoms with Crippen LogP contribution < -0.4 is 15.7 Å². The van der Waals surface area contributed by atoms with Crippen molar-refractivity contribution in [3.05, 3.63) is 71.5 Å². The van der Waals surface area contributed by atoms with Crippen molar-refractivity contribution in [1.82, 2.24) is 14.0 Å². The molecule has 0 fully saturated rings. The van der Waals surface area contributed by atoms with Crippen LogP contribution in [0.1, 0.15) is 48.0 Å². The first-order valence-corrected chi connectivity index (χ1v) is 10.2. The Morgan fingerprint density at radius 1 is 1.07 bits per heavy atom. The van der Waals surface area contributed by atoms with Gasteiger partial charge in [-0.1, -0.05) is 29.5 Å². The van der Waals surface area contributed by atoms with Crippen LogP contribution in [0.2, 0.25) is 0 Å². The van der Waals surface area contributed by atoms with Crippen LogP contribution in [0.4, 0.5) is 0 Å². The highest BCUT2D eigenvalue weighted by atomic mass is 32.1. The Labute approximate surface area is 166 Å². The zero-order valence-electron chi connectivity index (χ0n) is 17.0. The van der Waals surface area contributed by atoms with Gasteiger partial charge in [-0.15, -0.1) is 0 Å². The van der Waals surface area contributed by atoms with Gasteiger partial charge in [-0.05, 0) is 53.2 Å². The summed E-state index contributed by atoms with van der Waals surface area (Å²) < 4.78 is 4.04. The van der Waals surface area contributed by atoms with Crippen LogP contribution in [0.3, 0.4) is 0 Å². The molecule has 0 N–H and O–H groups in total. The maximum Gasteiger partial charge on any atom is 0.277 e. The van der Waals surface area contributed by atoms with E-state index in [1.807, 2.05) is 12.1 Å². The smallest absolute Gasteiger partial charge is 0.277 e. The van der Waals surface area contributed by atoms with E-state index < -0.39 is 0 Å². The van der Waals surface area contributed by atoms with Gasteiger partial charge in [-0.25, -0.2) is 9.38 Å². The zero-order valence-corrected chi connectivity index (χ0v) is 17.8. The van der Waals surface area contributed by atoms with E-state index in [1.165, 1.54) is 26.8 Å². The van der Waals surface area contributed by atoms with Crippen molar-refractivity contribution < 1.29 is 0 Å². The fourth-order valence-electron chi connectivity index (χ4n) is 3.92. The molecule has 0 unspecified atom stereocenters. The molecule has 0 aliphatic heterocycles. The number of aryl methyl sites for hydroxylation is 2. The predicted molar refractivity (Wildman–Crippen MR) is 116 cm³/mol. The van der Waals surface area contributed by atoms with Crippen LogP contribution in [-0.4, -0.2) is 14.0 Å². The monoisotopic (exact) mass is 393 g/mol. The first kappa shape index (κ1) is 18.6. The summed E-state index contributed by atoms with van der Waals surface area (Å²) in [6.45, 7) is 12.0. The minimum absolute atomic E-state index is 0.277. The number of rotatable bonds is 2. The quantitative estimate of drug-likeness (QED) is 0.524. The molecule has 3 aromatic heterocycles. The van der Waals surface area contributed by atoms with Gasteiger partial charge in [-0.3, -0.25) is 9.59 Å². The van der Waals surface area contributed by atoms with E-state index in [-0.39, 0.29) is 11.1 Å². The Kier molecular flexibility index (Phi) is 4.27.